The van der Waals surface area contributed by atoms with Gasteiger partial charge in [0.1, 0.15) is 5.60 Å². The Kier molecular flexibility index (Phi) is 5.17. The van der Waals surface area contributed by atoms with Crippen LogP contribution in [0.3, 0.4) is 0 Å². The number of amides is 1. The van der Waals surface area contributed by atoms with Crippen molar-refractivity contribution in [2.24, 2.45) is 0 Å². The van der Waals surface area contributed by atoms with Gasteiger partial charge >= 0.3 is 6.09 Å². The van der Waals surface area contributed by atoms with Gasteiger partial charge in [0.25, 0.3) is 0 Å². The standard InChI is InChI=1S/C16H24N2O3/c1-16(2,3)21-15(19)18-10-6-8-14(11-18)20-12-13-7-4-5-9-17-13/h4-5,7,9,14H,6,8,10-12H2,1-3H3. The molecule has 2 heterocycles. The molecule has 1 aromatic heterocycles. The van der Waals surface area contributed by atoms with Gasteiger partial charge in [-0.15, -0.1) is 0 Å². The lowest BCUT2D eigenvalue weighted by Gasteiger charge is -2.34. The number of likely N-dealkylation sites (tertiary alicyclic amines) is 1. The number of carbonyl (C=O) groups is 1. The summed E-state index contributed by atoms with van der Waals surface area (Å²) in [6.45, 7) is 7.44. The summed E-state index contributed by atoms with van der Waals surface area (Å²) in [5.41, 5.74) is 0.450. The molecule has 0 bridgehead atoms. The van der Waals surface area contributed by atoms with Crippen LogP contribution in [0, 0.1) is 0 Å². The number of ether oxygens (including phenoxy) is 2. The van der Waals surface area contributed by atoms with Crippen molar-refractivity contribution in [2.75, 3.05) is 13.1 Å². The third kappa shape index (κ3) is 5.34. The predicted octanol–water partition coefficient (Wildman–Crippen LogP) is 3.00. The molecule has 1 aliphatic rings. The Labute approximate surface area is 126 Å². The van der Waals surface area contributed by atoms with Crippen LogP contribution < -0.4 is 0 Å². The molecule has 0 aromatic carbocycles. The first-order chi connectivity index (χ1) is 9.94. The third-order valence-corrected chi connectivity index (χ3v) is 3.22. The van der Waals surface area contributed by atoms with E-state index in [9.17, 15) is 4.79 Å². The van der Waals surface area contributed by atoms with E-state index in [-0.39, 0.29) is 12.2 Å². The maximum atomic E-state index is 12.1. The van der Waals surface area contributed by atoms with Crippen LogP contribution in [0.15, 0.2) is 24.4 Å². The van der Waals surface area contributed by atoms with E-state index in [2.05, 4.69) is 4.98 Å². The highest BCUT2D eigenvalue weighted by Gasteiger charge is 2.27. The van der Waals surface area contributed by atoms with Crippen molar-refractivity contribution in [3.8, 4) is 0 Å². The normalized spacial score (nSPS) is 19.4. The minimum absolute atomic E-state index is 0.0493. The monoisotopic (exact) mass is 292 g/mol. The average Bonchev–Trinajstić information content (AvgIpc) is 2.45. The molecular weight excluding hydrogens is 268 g/mol. The summed E-state index contributed by atoms with van der Waals surface area (Å²) in [6, 6.07) is 5.77. The van der Waals surface area contributed by atoms with E-state index >= 15 is 0 Å². The fraction of sp³-hybridized carbons (Fsp3) is 0.625. The van der Waals surface area contributed by atoms with Crippen LogP contribution in [-0.4, -0.2) is 40.8 Å². The number of nitrogens with zero attached hydrogens (tertiary/aromatic N) is 2. The number of hydrogen-bond acceptors (Lipinski definition) is 4. The zero-order valence-electron chi connectivity index (χ0n) is 13.0. The van der Waals surface area contributed by atoms with E-state index in [4.69, 9.17) is 9.47 Å². The Morgan fingerprint density at radius 1 is 1.43 bits per heavy atom. The molecule has 1 unspecified atom stereocenters. The predicted molar refractivity (Wildman–Crippen MR) is 79.9 cm³/mol. The van der Waals surface area contributed by atoms with Crippen LogP contribution in [0.4, 0.5) is 4.79 Å². The summed E-state index contributed by atoms with van der Waals surface area (Å²) in [5, 5.41) is 0. The third-order valence-electron chi connectivity index (χ3n) is 3.22. The van der Waals surface area contributed by atoms with E-state index < -0.39 is 5.60 Å². The molecule has 2 rings (SSSR count). The number of pyridine rings is 1. The largest absolute Gasteiger partial charge is 0.444 e. The van der Waals surface area contributed by atoms with Crippen LogP contribution in [-0.2, 0) is 16.1 Å². The van der Waals surface area contributed by atoms with Crippen LogP contribution in [0.5, 0.6) is 0 Å². The highest BCUT2D eigenvalue weighted by Crippen LogP contribution is 2.18. The van der Waals surface area contributed by atoms with E-state index in [1.54, 1.807) is 11.1 Å². The Morgan fingerprint density at radius 2 is 2.24 bits per heavy atom. The molecule has 1 aromatic rings. The van der Waals surface area contributed by atoms with Gasteiger partial charge in [-0.05, 0) is 45.7 Å². The van der Waals surface area contributed by atoms with Crippen LogP contribution in [0.2, 0.25) is 0 Å². The summed E-state index contributed by atoms with van der Waals surface area (Å²) in [4.78, 5) is 18.0. The first kappa shape index (κ1) is 15.8. The first-order valence-corrected chi connectivity index (χ1v) is 7.43. The highest BCUT2D eigenvalue weighted by molar-refractivity contribution is 5.68. The second kappa shape index (κ2) is 6.89. The van der Waals surface area contributed by atoms with Crippen molar-refractivity contribution >= 4 is 6.09 Å². The molecule has 5 nitrogen and oxygen atoms in total. The van der Waals surface area contributed by atoms with E-state index in [1.165, 1.54) is 0 Å². The van der Waals surface area contributed by atoms with Crippen molar-refractivity contribution in [1.29, 1.82) is 0 Å². The molecular formula is C16H24N2O3. The van der Waals surface area contributed by atoms with E-state index in [1.807, 2.05) is 39.0 Å². The van der Waals surface area contributed by atoms with Crippen molar-refractivity contribution in [3.05, 3.63) is 30.1 Å². The molecule has 0 saturated carbocycles. The summed E-state index contributed by atoms with van der Waals surface area (Å²) >= 11 is 0. The van der Waals surface area contributed by atoms with Crippen LogP contribution in [0.1, 0.15) is 39.3 Å². The molecule has 1 amide bonds. The van der Waals surface area contributed by atoms with Crippen molar-refractivity contribution in [3.63, 3.8) is 0 Å². The smallest absolute Gasteiger partial charge is 0.410 e. The molecule has 1 atom stereocenters. The molecule has 21 heavy (non-hydrogen) atoms. The lowest BCUT2D eigenvalue weighted by atomic mass is 10.1. The number of piperidine rings is 1. The SMILES string of the molecule is CC(C)(C)OC(=O)N1CCCC(OCc2ccccn2)C1. The van der Waals surface area contributed by atoms with Gasteiger partial charge in [-0.25, -0.2) is 4.79 Å². The Bertz CT molecular complexity index is 456. The van der Waals surface area contributed by atoms with E-state index in [0.29, 0.717) is 13.2 Å². The second-order valence-electron chi connectivity index (χ2n) is 6.32. The summed E-state index contributed by atoms with van der Waals surface area (Å²) < 4.78 is 11.3. The number of rotatable bonds is 3. The zero-order valence-corrected chi connectivity index (χ0v) is 13.0. The Balaban J connectivity index is 1.82. The Hall–Kier alpha value is -1.62. The van der Waals surface area contributed by atoms with E-state index in [0.717, 1.165) is 25.1 Å². The number of carbonyl (C=O) groups excluding carboxylic acids is 1. The molecule has 0 spiro atoms. The lowest BCUT2D eigenvalue weighted by molar-refractivity contribution is -0.0266. The van der Waals surface area contributed by atoms with Crippen LogP contribution >= 0.6 is 0 Å². The number of aromatic nitrogens is 1. The molecule has 0 N–H and O–H groups in total. The molecule has 116 valence electrons. The van der Waals surface area contributed by atoms with Gasteiger partial charge in [0.15, 0.2) is 0 Å². The highest BCUT2D eigenvalue weighted by atomic mass is 16.6. The molecule has 0 aliphatic carbocycles. The molecule has 0 radical (unpaired) electrons. The average molecular weight is 292 g/mol. The minimum atomic E-state index is -0.459. The molecule has 1 aliphatic heterocycles. The lowest BCUT2D eigenvalue weighted by Crippen LogP contribution is -2.45. The molecule has 1 fully saturated rings. The fourth-order valence-corrected chi connectivity index (χ4v) is 2.25. The quantitative estimate of drug-likeness (QED) is 0.859. The first-order valence-electron chi connectivity index (χ1n) is 7.43. The van der Waals surface area contributed by atoms with Gasteiger partial charge < -0.3 is 14.4 Å². The van der Waals surface area contributed by atoms with Crippen molar-refractivity contribution in [2.45, 2.75) is 51.9 Å². The number of hydrogen-bond donors (Lipinski definition) is 0. The molecule has 5 heteroatoms. The summed E-state index contributed by atoms with van der Waals surface area (Å²) in [7, 11) is 0. The topological polar surface area (TPSA) is 51.7 Å². The molecule has 1 saturated heterocycles. The zero-order chi connectivity index (χ0) is 15.3. The van der Waals surface area contributed by atoms with Gasteiger partial charge in [-0.2, -0.15) is 0 Å². The maximum Gasteiger partial charge on any atom is 0.410 e. The Morgan fingerprint density at radius 3 is 2.90 bits per heavy atom. The van der Waals surface area contributed by atoms with Crippen LogP contribution in [0.25, 0.3) is 0 Å². The minimum Gasteiger partial charge on any atom is -0.444 e. The summed E-state index contributed by atoms with van der Waals surface area (Å²) in [6.07, 6.45) is 3.45. The van der Waals surface area contributed by atoms with Crippen molar-refractivity contribution in [1.82, 2.24) is 9.88 Å². The van der Waals surface area contributed by atoms with Gasteiger partial charge in [-0.3, -0.25) is 4.98 Å². The van der Waals surface area contributed by atoms with Gasteiger partial charge in [-0.1, -0.05) is 6.07 Å². The summed E-state index contributed by atoms with van der Waals surface area (Å²) in [5.74, 6) is 0. The second-order valence-corrected chi connectivity index (χ2v) is 6.32. The maximum absolute atomic E-state index is 12.1. The van der Waals surface area contributed by atoms with Gasteiger partial charge in [0, 0.05) is 12.7 Å². The fourth-order valence-electron chi connectivity index (χ4n) is 2.25. The van der Waals surface area contributed by atoms with Crippen molar-refractivity contribution < 1.29 is 14.3 Å². The van der Waals surface area contributed by atoms with Gasteiger partial charge in [0.2, 0.25) is 0 Å². The van der Waals surface area contributed by atoms with Gasteiger partial charge in [0.05, 0.1) is 24.9 Å².